The molecule has 0 saturated carbocycles. The third-order valence-corrected chi connectivity index (χ3v) is 3.65. The number of carbonyl (C=O) groups is 1. The normalized spacial score (nSPS) is 10.4. The number of hydrogen-bond acceptors (Lipinski definition) is 2. The summed E-state index contributed by atoms with van der Waals surface area (Å²) in [7, 11) is 0. The monoisotopic (exact) mass is 332 g/mol. The summed E-state index contributed by atoms with van der Waals surface area (Å²) in [5.74, 6) is -0.184. The molecule has 0 radical (unpaired) electrons. The van der Waals surface area contributed by atoms with Crippen LogP contribution in [-0.4, -0.2) is 5.91 Å². The lowest BCUT2D eigenvalue weighted by molar-refractivity contribution is 0.102. The van der Waals surface area contributed by atoms with E-state index in [4.69, 9.17) is 5.73 Å². The first kappa shape index (κ1) is 14.6. The summed E-state index contributed by atoms with van der Waals surface area (Å²) in [5, 5.41) is 2.94. The van der Waals surface area contributed by atoms with Crippen molar-refractivity contribution in [2.75, 3.05) is 11.1 Å². The maximum atomic E-state index is 12.3. The van der Waals surface area contributed by atoms with E-state index in [1.807, 2.05) is 39.0 Å². The molecule has 20 heavy (non-hydrogen) atoms. The van der Waals surface area contributed by atoms with Gasteiger partial charge in [0.15, 0.2) is 0 Å². The summed E-state index contributed by atoms with van der Waals surface area (Å²) >= 11 is 3.45. The first-order valence-corrected chi connectivity index (χ1v) is 7.12. The zero-order valence-electron chi connectivity index (χ0n) is 11.8. The smallest absolute Gasteiger partial charge is 0.257 e. The van der Waals surface area contributed by atoms with Crippen molar-refractivity contribution in [3.8, 4) is 0 Å². The minimum absolute atomic E-state index is 0.184. The highest BCUT2D eigenvalue weighted by atomic mass is 79.9. The molecule has 3 N–H and O–H groups in total. The number of rotatable bonds is 2. The van der Waals surface area contributed by atoms with Gasteiger partial charge >= 0.3 is 0 Å². The number of hydrogen-bond donors (Lipinski definition) is 2. The second-order valence-corrected chi connectivity index (χ2v) is 5.88. The first-order valence-electron chi connectivity index (χ1n) is 6.32. The van der Waals surface area contributed by atoms with Gasteiger partial charge in [0, 0.05) is 15.8 Å². The Morgan fingerprint density at radius 1 is 1.10 bits per heavy atom. The van der Waals surface area contributed by atoms with Gasteiger partial charge in [-0.2, -0.15) is 0 Å². The quantitative estimate of drug-likeness (QED) is 0.809. The summed E-state index contributed by atoms with van der Waals surface area (Å²) < 4.78 is 1.00. The molecule has 104 valence electrons. The van der Waals surface area contributed by atoms with Gasteiger partial charge in [-0.25, -0.2) is 0 Å². The van der Waals surface area contributed by atoms with Crippen LogP contribution in [0.2, 0.25) is 0 Å². The van der Waals surface area contributed by atoms with E-state index in [2.05, 4.69) is 21.2 Å². The number of anilines is 2. The summed E-state index contributed by atoms with van der Waals surface area (Å²) in [6, 6.07) is 9.38. The molecule has 0 atom stereocenters. The second-order valence-electron chi connectivity index (χ2n) is 4.96. The number of halogens is 1. The van der Waals surface area contributed by atoms with E-state index in [-0.39, 0.29) is 5.91 Å². The molecule has 0 aliphatic carbocycles. The predicted molar refractivity (Wildman–Crippen MR) is 87.2 cm³/mol. The summed E-state index contributed by atoms with van der Waals surface area (Å²) in [5.41, 5.74) is 10.8. The SMILES string of the molecule is Cc1ccc(C(=O)Nc2c(C)cc(Br)cc2C)c(N)c1. The van der Waals surface area contributed by atoms with Crippen LogP contribution in [0.4, 0.5) is 11.4 Å². The zero-order chi connectivity index (χ0) is 14.9. The molecular weight excluding hydrogens is 316 g/mol. The molecule has 0 saturated heterocycles. The molecule has 1 amide bonds. The molecule has 3 nitrogen and oxygen atoms in total. The van der Waals surface area contributed by atoms with Gasteiger partial charge < -0.3 is 11.1 Å². The average molecular weight is 333 g/mol. The molecule has 0 spiro atoms. The van der Waals surface area contributed by atoms with Crippen LogP contribution in [0, 0.1) is 20.8 Å². The van der Waals surface area contributed by atoms with Crippen molar-refractivity contribution in [1.29, 1.82) is 0 Å². The molecule has 0 unspecified atom stereocenters. The fourth-order valence-corrected chi connectivity index (χ4v) is 2.86. The van der Waals surface area contributed by atoms with Gasteiger partial charge in [-0.05, 0) is 61.7 Å². The van der Waals surface area contributed by atoms with Crippen molar-refractivity contribution in [1.82, 2.24) is 0 Å². The van der Waals surface area contributed by atoms with Crippen LogP contribution in [0.15, 0.2) is 34.8 Å². The highest BCUT2D eigenvalue weighted by Gasteiger charge is 2.13. The second kappa shape index (κ2) is 5.67. The largest absolute Gasteiger partial charge is 0.398 e. The van der Waals surface area contributed by atoms with E-state index in [1.54, 1.807) is 12.1 Å². The van der Waals surface area contributed by atoms with Gasteiger partial charge in [0.05, 0.1) is 5.56 Å². The van der Waals surface area contributed by atoms with Crippen molar-refractivity contribution in [3.63, 3.8) is 0 Å². The van der Waals surface area contributed by atoms with Crippen LogP contribution in [-0.2, 0) is 0 Å². The third kappa shape index (κ3) is 3.02. The number of nitrogens with two attached hydrogens (primary N) is 1. The van der Waals surface area contributed by atoms with E-state index in [0.717, 1.165) is 26.9 Å². The molecule has 0 aliphatic heterocycles. The Bertz CT molecular complexity index is 657. The Balaban J connectivity index is 2.33. The van der Waals surface area contributed by atoms with Crippen LogP contribution in [0.5, 0.6) is 0 Å². The molecule has 2 aromatic rings. The van der Waals surface area contributed by atoms with Crippen molar-refractivity contribution in [3.05, 3.63) is 57.1 Å². The molecule has 0 aromatic heterocycles. The number of carbonyl (C=O) groups excluding carboxylic acids is 1. The Labute approximate surface area is 127 Å². The minimum atomic E-state index is -0.184. The lowest BCUT2D eigenvalue weighted by atomic mass is 10.1. The van der Waals surface area contributed by atoms with Gasteiger partial charge in [0.1, 0.15) is 0 Å². The van der Waals surface area contributed by atoms with Gasteiger partial charge in [-0.1, -0.05) is 22.0 Å². The molecule has 0 aliphatic rings. The van der Waals surface area contributed by atoms with Crippen LogP contribution >= 0.6 is 15.9 Å². The first-order chi connectivity index (χ1) is 9.38. The van der Waals surface area contributed by atoms with E-state index < -0.39 is 0 Å². The maximum absolute atomic E-state index is 12.3. The van der Waals surface area contributed by atoms with Crippen LogP contribution in [0.1, 0.15) is 27.0 Å². The predicted octanol–water partition coefficient (Wildman–Crippen LogP) is 4.21. The molecule has 4 heteroatoms. The molecule has 0 fully saturated rings. The molecule has 2 rings (SSSR count). The summed E-state index contributed by atoms with van der Waals surface area (Å²) in [4.78, 5) is 12.3. The topological polar surface area (TPSA) is 55.1 Å². The van der Waals surface area contributed by atoms with Gasteiger partial charge in [0.25, 0.3) is 5.91 Å². The Morgan fingerprint density at radius 2 is 1.70 bits per heavy atom. The van der Waals surface area contributed by atoms with Gasteiger partial charge in [0.2, 0.25) is 0 Å². The number of nitrogens with one attached hydrogen (secondary N) is 1. The lowest BCUT2D eigenvalue weighted by Gasteiger charge is -2.13. The van der Waals surface area contributed by atoms with E-state index in [1.165, 1.54) is 0 Å². The zero-order valence-corrected chi connectivity index (χ0v) is 13.3. The number of benzene rings is 2. The molecule has 0 bridgehead atoms. The Kier molecular flexibility index (Phi) is 4.14. The Hall–Kier alpha value is -1.81. The van der Waals surface area contributed by atoms with Crippen LogP contribution < -0.4 is 11.1 Å². The summed E-state index contributed by atoms with van der Waals surface area (Å²) in [6.07, 6.45) is 0. The van der Waals surface area contributed by atoms with Crippen LogP contribution in [0.3, 0.4) is 0 Å². The number of aryl methyl sites for hydroxylation is 3. The summed E-state index contributed by atoms with van der Waals surface area (Å²) in [6.45, 7) is 5.87. The standard InChI is InChI=1S/C16H17BrN2O/c1-9-4-5-13(14(18)6-9)16(20)19-15-10(2)7-12(17)8-11(15)3/h4-8H,18H2,1-3H3,(H,19,20). The minimum Gasteiger partial charge on any atom is -0.398 e. The van der Waals surface area contributed by atoms with Crippen LogP contribution in [0.25, 0.3) is 0 Å². The van der Waals surface area contributed by atoms with Gasteiger partial charge in [-0.3, -0.25) is 4.79 Å². The number of nitrogen functional groups attached to an aromatic ring is 1. The van der Waals surface area contributed by atoms with Gasteiger partial charge in [-0.15, -0.1) is 0 Å². The fraction of sp³-hybridized carbons (Fsp3) is 0.188. The number of amides is 1. The molecule has 0 heterocycles. The lowest BCUT2D eigenvalue weighted by Crippen LogP contribution is -2.15. The molecular formula is C16H17BrN2O. The van der Waals surface area contributed by atoms with Crippen molar-refractivity contribution in [2.45, 2.75) is 20.8 Å². The Morgan fingerprint density at radius 3 is 2.25 bits per heavy atom. The van der Waals surface area contributed by atoms with Crippen molar-refractivity contribution >= 4 is 33.2 Å². The molecule has 2 aromatic carbocycles. The maximum Gasteiger partial charge on any atom is 0.257 e. The van der Waals surface area contributed by atoms with E-state index >= 15 is 0 Å². The highest BCUT2D eigenvalue weighted by molar-refractivity contribution is 9.10. The van der Waals surface area contributed by atoms with E-state index in [0.29, 0.717) is 11.3 Å². The van der Waals surface area contributed by atoms with E-state index in [9.17, 15) is 4.79 Å². The third-order valence-electron chi connectivity index (χ3n) is 3.19. The average Bonchev–Trinajstić information content (AvgIpc) is 2.33. The highest BCUT2D eigenvalue weighted by Crippen LogP contribution is 2.26. The van der Waals surface area contributed by atoms with Crippen molar-refractivity contribution in [2.24, 2.45) is 0 Å². The fourth-order valence-electron chi connectivity index (χ4n) is 2.18. The van der Waals surface area contributed by atoms with Crippen molar-refractivity contribution < 1.29 is 4.79 Å².